The zero-order valence-corrected chi connectivity index (χ0v) is 7.68. The second-order valence-corrected chi connectivity index (χ2v) is 4.23. The van der Waals surface area contributed by atoms with E-state index in [1.54, 1.807) is 6.07 Å². The number of ether oxygens (including phenoxy) is 1. The lowest BCUT2D eigenvalue weighted by Gasteiger charge is -2.25. The van der Waals surface area contributed by atoms with Crippen molar-refractivity contribution >= 4 is 11.8 Å². The fourth-order valence-electron chi connectivity index (χ4n) is 1.05. The predicted octanol–water partition coefficient (Wildman–Crippen LogP) is 2.02. The number of rotatable bonds is 2. The lowest BCUT2D eigenvalue weighted by Crippen LogP contribution is -2.30. The van der Waals surface area contributed by atoms with E-state index in [1.807, 2.05) is 0 Å². The molecule has 4 heteroatoms. The third-order valence-corrected chi connectivity index (χ3v) is 3.01. The molecule has 2 rings (SSSR count). The quantitative estimate of drug-likeness (QED) is 0.792. The van der Waals surface area contributed by atoms with Gasteiger partial charge in [0.1, 0.15) is 11.6 Å². The molecule has 1 saturated heterocycles. The molecule has 1 heterocycles. The standard InChI is InChI=1S/C9H9FO2S/c10-8-3-6(11)1-2-9(8)13-7-4-12-5-7/h1-3,7,11H,4-5H2. The van der Waals surface area contributed by atoms with E-state index in [1.165, 1.54) is 17.8 Å². The normalized spacial score (nSPS) is 17.0. The first-order valence-corrected chi connectivity index (χ1v) is 4.86. The first kappa shape index (κ1) is 8.84. The maximum absolute atomic E-state index is 13.1. The highest BCUT2D eigenvalue weighted by atomic mass is 32.2. The summed E-state index contributed by atoms with van der Waals surface area (Å²) in [7, 11) is 0. The number of aromatic hydroxyl groups is 1. The van der Waals surface area contributed by atoms with E-state index in [0.29, 0.717) is 23.4 Å². The van der Waals surface area contributed by atoms with Gasteiger partial charge in [-0.1, -0.05) is 0 Å². The fourth-order valence-corrected chi connectivity index (χ4v) is 2.05. The molecule has 0 amide bonds. The molecule has 0 aromatic heterocycles. The number of halogens is 1. The SMILES string of the molecule is Oc1ccc(SC2COC2)c(F)c1. The van der Waals surface area contributed by atoms with Crippen LogP contribution in [0.4, 0.5) is 4.39 Å². The van der Waals surface area contributed by atoms with Crippen molar-refractivity contribution < 1.29 is 14.2 Å². The molecular weight excluding hydrogens is 191 g/mol. The second-order valence-electron chi connectivity index (χ2n) is 2.89. The van der Waals surface area contributed by atoms with Gasteiger partial charge in [-0.15, -0.1) is 11.8 Å². The Morgan fingerprint density at radius 3 is 2.77 bits per heavy atom. The number of thioether (sulfide) groups is 1. The van der Waals surface area contributed by atoms with Gasteiger partial charge in [0, 0.05) is 11.0 Å². The van der Waals surface area contributed by atoms with E-state index in [9.17, 15) is 4.39 Å². The Bertz CT molecular complexity index is 312. The first-order chi connectivity index (χ1) is 6.25. The van der Waals surface area contributed by atoms with Crippen molar-refractivity contribution in [2.45, 2.75) is 10.1 Å². The Morgan fingerprint density at radius 2 is 2.23 bits per heavy atom. The van der Waals surface area contributed by atoms with Crippen LogP contribution in [0, 0.1) is 5.82 Å². The van der Waals surface area contributed by atoms with Crippen molar-refractivity contribution in [2.24, 2.45) is 0 Å². The van der Waals surface area contributed by atoms with E-state index in [-0.39, 0.29) is 11.6 Å². The minimum Gasteiger partial charge on any atom is -0.508 e. The summed E-state index contributed by atoms with van der Waals surface area (Å²) in [6.07, 6.45) is 0. The topological polar surface area (TPSA) is 29.5 Å². The Morgan fingerprint density at radius 1 is 1.46 bits per heavy atom. The van der Waals surface area contributed by atoms with Crippen molar-refractivity contribution in [1.82, 2.24) is 0 Å². The Balaban J connectivity index is 2.10. The molecule has 70 valence electrons. The van der Waals surface area contributed by atoms with Crippen LogP contribution in [0.2, 0.25) is 0 Å². The molecule has 13 heavy (non-hydrogen) atoms. The van der Waals surface area contributed by atoms with Gasteiger partial charge in [0.15, 0.2) is 0 Å². The van der Waals surface area contributed by atoms with Gasteiger partial charge < -0.3 is 9.84 Å². The van der Waals surface area contributed by atoms with Gasteiger partial charge >= 0.3 is 0 Å². The smallest absolute Gasteiger partial charge is 0.140 e. The van der Waals surface area contributed by atoms with Crippen LogP contribution in [0.25, 0.3) is 0 Å². The van der Waals surface area contributed by atoms with Crippen LogP contribution in [0.3, 0.4) is 0 Å². The monoisotopic (exact) mass is 200 g/mol. The number of hydrogen-bond acceptors (Lipinski definition) is 3. The second kappa shape index (κ2) is 3.55. The van der Waals surface area contributed by atoms with Crippen molar-refractivity contribution in [3.05, 3.63) is 24.0 Å². The Hall–Kier alpha value is -0.740. The number of phenols is 1. The largest absolute Gasteiger partial charge is 0.508 e. The molecule has 0 aliphatic carbocycles. The van der Waals surface area contributed by atoms with Crippen LogP contribution in [0.1, 0.15) is 0 Å². The third kappa shape index (κ3) is 1.95. The zero-order chi connectivity index (χ0) is 9.26. The van der Waals surface area contributed by atoms with E-state index in [0.717, 1.165) is 6.07 Å². The summed E-state index contributed by atoms with van der Waals surface area (Å²) >= 11 is 1.45. The molecule has 2 nitrogen and oxygen atoms in total. The summed E-state index contributed by atoms with van der Waals surface area (Å²) in [4.78, 5) is 0.575. The predicted molar refractivity (Wildman–Crippen MR) is 48.5 cm³/mol. The average Bonchev–Trinajstić information content (AvgIpc) is 1.99. The third-order valence-electron chi connectivity index (χ3n) is 1.82. The highest BCUT2D eigenvalue weighted by Crippen LogP contribution is 2.31. The van der Waals surface area contributed by atoms with Gasteiger partial charge in [-0.2, -0.15) is 0 Å². The molecule has 1 aromatic rings. The minimum atomic E-state index is -0.364. The van der Waals surface area contributed by atoms with Crippen molar-refractivity contribution in [3.8, 4) is 5.75 Å². The molecule has 0 atom stereocenters. The van der Waals surface area contributed by atoms with E-state index >= 15 is 0 Å². The molecule has 1 fully saturated rings. The Labute approximate surface area is 79.7 Å². The number of hydrogen-bond donors (Lipinski definition) is 1. The summed E-state index contributed by atoms with van der Waals surface area (Å²) in [5, 5.41) is 9.33. The van der Waals surface area contributed by atoms with Crippen LogP contribution in [0.5, 0.6) is 5.75 Å². The van der Waals surface area contributed by atoms with Gasteiger partial charge in [-0.25, -0.2) is 4.39 Å². The van der Waals surface area contributed by atoms with Crippen LogP contribution in [-0.4, -0.2) is 23.6 Å². The van der Waals surface area contributed by atoms with Crippen molar-refractivity contribution in [3.63, 3.8) is 0 Å². The average molecular weight is 200 g/mol. The molecule has 0 bridgehead atoms. The van der Waals surface area contributed by atoms with Crippen LogP contribution in [0.15, 0.2) is 23.1 Å². The summed E-state index contributed by atoms with van der Waals surface area (Å²) in [5.74, 6) is -0.399. The fraction of sp³-hybridized carbons (Fsp3) is 0.333. The van der Waals surface area contributed by atoms with E-state index in [4.69, 9.17) is 9.84 Å². The Kier molecular flexibility index (Phi) is 2.42. The van der Waals surface area contributed by atoms with Crippen LogP contribution in [-0.2, 0) is 4.74 Å². The van der Waals surface area contributed by atoms with Crippen LogP contribution < -0.4 is 0 Å². The molecule has 0 saturated carbocycles. The van der Waals surface area contributed by atoms with Gasteiger partial charge in [0.25, 0.3) is 0 Å². The maximum atomic E-state index is 13.1. The first-order valence-electron chi connectivity index (χ1n) is 3.98. The minimum absolute atomic E-state index is 0.0355. The van der Waals surface area contributed by atoms with Gasteiger partial charge in [-0.05, 0) is 12.1 Å². The highest BCUT2D eigenvalue weighted by Gasteiger charge is 2.20. The summed E-state index contributed by atoms with van der Waals surface area (Å²) in [5.41, 5.74) is 0. The summed E-state index contributed by atoms with van der Waals surface area (Å²) in [6, 6.07) is 4.21. The summed E-state index contributed by atoms with van der Waals surface area (Å²) in [6.45, 7) is 1.37. The molecule has 1 aromatic carbocycles. The molecular formula is C9H9FO2S. The molecule has 1 aliphatic heterocycles. The maximum Gasteiger partial charge on any atom is 0.140 e. The molecule has 0 spiro atoms. The van der Waals surface area contributed by atoms with Gasteiger partial charge in [-0.3, -0.25) is 0 Å². The zero-order valence-electron chi connectivity index (χ0n) is 6.87. The van der Waals surface area contributed by atoms with Gasteiger partial charge in [0.2, 0.25) is 0 Å². The van der Waals surface area contributed by atoms with Gasteiger partial charge in [0.05, 0.1) is 18.5 Å². The summed E-state index contributed by atoms with van der Waals surface area (Å²) < 4.78 is 18.1. The lowest BCUT2D eigenvalue weighted by molar-refractivity contribution is 0.0455. The number of benzene rings is 1. The highest BCUT2D eigenvalue weighted by molar-refractivity contribution is 8.00. The molecule has 0 unspecified atom stereocenters. The van der Waals surface area contributed by atoms with E-state index in [2.05, 4.69) is 0 Å². The van der Waals surface area contributed by atoms with E-state index < -0.39 is 0 Å². The van der Waals surface area contributed by atoms with Crippen molar-refractivity contribution in [1.29, 1.82) is 0 Å². The molecule has 1 N–H and O–H groups in total. The molecule has 1 aliphatic rings. The van der Waals surface area contributed by atoms with Crippen LogP contribution >= 0.6 is 11.8 Å². The lowest BCUT2D eigenvalue weighted by atomic mass is 10.3. The van der Waals surface area contributed by atoms with Crippen molar-refractivity contribution in [2.75, 3.05) is 13.2 Å². The molecule has 0 radical (unpaired) electrons. The number of phenolic OH excluding ortho intramolecular Hbond substituents is 1.